The number of rotatable bonds is 5. The zero-order chi connectivity index (χ0) is 17.7. The van der Waals surface area contributed by atoms with Gasteiger partial charge in [0.05, 0.1) is 9.92 Å². The van der Waals surface area contributed by atoms with E-state index in [2.05, 4.69) is 10.6 Å². The van der Waals surface area contributed by atoms with Gasteiger partial charge in [0.25, 0.3) is 10.1 Å². The fourth-order valence-electron chi connectivity index (χ4n) is 1.68. The maximum absolute atomic E-state index is 11.7. The minimum absolute atomic E-state index is 0.175. The zero-order valence-electron chi connectivity index (χ0n) is 12.0. The van der Waals surface area contributed by atoms with Crippen molar-refractivity contribution in [1.29, 1.82) is 0 Å². The van der Waals surface area contributed by atoms with Gasteiger partial charge in [-0.25, -0.2) is 4.79 Å². The molecule has 0 aliphatic carbocycles. The molecule has 0 radical (unpaired) electrons. The summed E-state index contributed by atoms with van der Waals surface area (Å²) < 4.78 is 36.3. The predicted molar refractivity (Wildman–Crippen MR) is 90.4 cm³/mol. The molecule has 0 saturated carbocycles. The second-order valence-electron chi connectivity index (χ2n) is 4.50. The molecule has 2 amide bonds. The second kappa shape index (κ2) is 7.71. The van der Waals surface area contributed by atoms with Crippen LogP contribution in [0.2, 0.25) is 10.0 Å². The van der Waals surface area contributed by atoms with E-state index in [1.165, 1.54) is 24.3 Å². The highest BCUT2D eigenvalue weighted by atomic mass is 35.5. The molecular formula is C14H12Cl2N2O5S. The molecule has 0 unspecified atom stereocenters. The van der Waals surface area contributed by atoms with E-state index in [9.17, 15) is 13.2 Å². The minimum atomic E-state index is -4.34. The first-order valence-electron chi connectivity index (χ1n) is 6.46. The summed E-state index contributed by atoms with van der Waals surface area (Å²) in [7, 11) is -4.34. The van der Waals surface area contributed by atoms with Gasteiger partial charge in [0, 0.05) is 10.7 Å². The number of nitrogens with one attached hydrogen (secondary N) is 2. The number of hydrogen-bond acceptors (Lipinski definition) is 4. The van der Waals surface area contributed by atoms with Gasteiger partial charge in [-0.3, -0.25) is 4.55 Å². The van der Waals surface area contributed by atoms with E-state index in [1.54, 1.807) is 12.1 Å². The number of anilines is 1. The Labute approximate surface area is 148 Å². The van der Waals surface area contributed by atoms with Gasteiger partial charge < -0.3 is 15.4 Å². The van der Waals surface area contributed by atoms with Gasteiger partial charge in [-0.2, -0.15) is 8.42 Å². The average molecular weight is 391 g/mol. The summed E-state index contributed by atoms with van der Waals surface area (Å²) in [4.78, 5) is 11.4. The van der Waals surface area contributed by atoms with Crippen LogP contribution in [-0.4, -0.2) is 25.7 Å². The molecule has 0 aliphatic rings. The summed E-state index contributed by atoms with van der Waals surface area (Å²) in [5.41, 5.74) is 0.187. The first kappa shape index (κ1) is 18.3. The fraction of sp³-hybridized carbons (Fsp3) is 0.0714. The van der Waals surface area contributed by atoms with Gasteiger partial charge in [-0.15, -0.1) is 0 Å². The third-order valence-electron chi connectivity index (χ3n) is 2.74. The molecule has 0 spiro atoms. The Balaban J connectivity index is 1.90. The first-order valence-corrected chi connectivity index (χ1v) is 8.65. The van der Waals surface area contributed by atoms with E-state index < -0.39 is 16.1 Å². The van der Waals surface area contributed by atoms with Crippen LogP contribution in [0.4, 0.5) is 10.5 Å². The molecule has 0 heterocycles. The molecule has 0 aromatic heterocycles. The van der Waals surface area contributed by atoms with Crippen molar-refractivity contribution in [2.45, 2.75) is 4.90 Å². The number of ether oxygens (including phenoxy) is 1. The van der Waals surface area contributed by atoms with Crippen molar-refractivity contribution >= 4 is 45.0 Å². The quantitative estimate of drug-likeness (QED) is 0.535. The van der Waals surface area contributed by atoms with Gasteiger partial charge >= 0.3 is 6.03 Å². The summed E-state index contributed by atoms with van der Waals surface area (Å²) in [6.45, 7) is -0.175. The number of urea groups is 1. The van der Waals surface area contributed by atoms with Crippen LogP contribution < -0.4 is 15.4 Å². The molecule has 3 N–H and O–H groups in total. The van der Waals surface area contributed by atoms with Crippen molar-refractivity contribution < 1.29 is 22.5 Å². The number of carbonyl (C=O) groups is 1. The highest BCUT2D eigenvalue weighted by Crippen LogP contribution is 2.27. The molecule has 0 saturated heterocycles. The number of carbonyl (C=O) groups excluding carboxylic acids is 1. The Morgan fingerprint density at radius 3 is 2.58 bits per heavy atom. The van der Waals surface area contributed by atoms with Crippen molar-refractivity contribution in [2.24, 2.45) is 0 Å². The molecular weight excluding hydrogens is 379 g/mol. The van der Waals surface area contributed by atoms with Crippen LogP contribution in [0.1, 0.15) is 0 Å². The standard InChI is InChI=1S/C14H12Cl2N2O5S/c15-9-4-5-13(12(16)6-9)23-8-17-14(19)18-10-2-1-3-11(7-10)24(20,21)22/h1-7H,8H2,(H2,17,18,19)(H,20,21,22). The number of benzene rings is 2. The summed E-state index contributed by atoms with van der Waals surface area (Å²) >= 11 is 11.7. The molecule has 2 aromatic carbocycles. The van der Waals surface area contributed by atoms with Gasteiger partial charge in [-0.1, -0.05) is 29.3 Å². The maximum Gasteiger partial charge on any atom is 0.321 e. The largest absolute Gasteiger partial charge is 0.472 e. The summed E-state index contributed by atoms with van der Waals surface area (Å²) in [6, 6.07) is 9.17. The van der Waals surface area contributed by atoms with E-state index in [1.807, 2.05) is 0 Å². The molecule has 0 bridgehead atoms. The fourth-order valence-corrected chi connectivity index (χ4v) is 2.67. The van der Waals surface area contributed by atoms with E-state index >= 15 is 0 Å². The molecule has 2 aromatic rings. The molecule has 0 aliphatic heterocycles. The summed E-state index contributed by atoms with van der Waals surface area (Å²) in [5, 5.41) is 5.56. The van der Waals surface area contributed by atoms with E-state index in [-0.39, 0.29) is 17.3 Å². The van der Waals surface area contributed by atoms with Crippen LogP contribution in [0, 0.1) is 0 Å². The SMILES string of the molecule is O=C(NCOc1ccc(Cl)cc1Cl)Nc1cccc(S(=O)(=O)O)c1. The van der Waals surface area contributed by atoms with Gasteiger partial charge in [0.15, 0.2) is 6.73 Å². The third-order valence-corrected chi connectivity index (χ3v) is 4.12. The van der Waals surface area contributed by atoms with E-state index in [4.69, 9.17) is 32.5 Å². The van der Waals surface area contributed by atoms with Crippen LogP contribution in [0.3, 0.4) is 0 Å². The van der Waals surface area contributed by atoms with Crippen LogP contribution >= 0.6 is 23.2 Å². The Morgan fingerprint density at radius 2 is 1.92 bits per heavy atom. The van der Waals surface area contributed by atoms with Crippen LogP contribution in [0.15, 0.2) is 47.4 Å². The Bertz CT molecular complexity index is 858. The average Bonchev–Trinajstić information content (AvgIpc) is 2.49. The number of amides is 2. The van der Waals surface area contributed by atoms with Crippen LogP contribution in [0.25, 0.3) is 0 Å². The topological polar surface area (TPSA) is 105 Å². The Kier molecular flexibility index (Phi) is 5.89. The van der Waals surface area contributed by atoms with Crippen molar-refractivity contribution in [3.05, 3.63) is 52.5 Å². The molecule has 10 heteroatoms. The second-order valence-corrected chi connectivity index (χ2v) is 6.76. The highest BCUT2D eigenvalue weighted by molar-refractivity contribution is 7.85. The lowest BCUT2D eigenvalue weighted by Crippen LogP contribution is -2.32. The Morgan fingerprint density at radius 1 is 1.17 bits per heavy atom. The predicted octanol–water partition coefficient (Wildman–Crippen LogP) is 3.40. The normalized spacial score (nSPS) is 11.0. The zero-order valence-corrected chi connectivity index (χ0v) is 14.3. The molecule has 2 rings (SSSR count). The monoisotopic (exact) mass is 390 g/mol. The number of halogens is 2. The first-order chi connectivity index (χ1) is 11.3. The minimum Gasteiger partial charge on any atom is -0.472 e. The summed E-state index contributed by atoms with van der Waals surface area (Å²) in [6.07, 6.45) is 0. The molecule has 24 heavy (non-hydrogen) atoms. The lowest BCUT2D eigenvalue weighted by molar-refractivity contribution is 0.234. The highest BCUT2D eigenvalue weighted by Gasteiger charge is 2.11. The molecule has 7 nitrogen and oxygen atoms in total. The van der Waals surface area contributed by atoms with Crippen molar-refractivity contribution in [2.75, 3.05) is 12.0 Å². The van der Waals surface area contributed by atoms with Crippen LogP contribution in [0.5, 0.6) is 5.75 Å². The Hall–Kier alpha value is -2.00. The third kappa shape index (κ3) is 5.27. The van der Waals surface area contributed by atoms with E-state index in [0.717, 1.165) is 6.07 Å². The molecule has 0 fully saturated rings. The summed E-state index contributed by atoms with van der Waals surface area (Å²) in [5.74, 6) is 0.342. The van der Waals surface area contributed by atoms with Crippen molar-refractivity contribution in [3.63, 3.8) is 0 Å². The van der Waals surface area contributed by atoms with E-state index in [0.29, 0.717) is 15.8 Å². The van der Waals surface area contributed by atoms with Crippen molar-refractivity contribution in [3.8, 4) is 5.75 Å². The maximum atomic E-state index is 11.7. The van der Waals surface area contributed by atoms with Gasteiger partial charge in [-0.05, 0) is 36.4 Å². The van der Waals surface area contributed by atoms with Crippen molar-refractivity contribution in [1.82, 2.24) is 5.32 Å². The smallest absolute Gasteiger partial charge is 0.321 e. The van der Waals surface area contributed by atoms with Crippen LogP contribution in [-0.2, 0) is 10.1 Å². The molecule has 0 atom stereocenters. The number of hydrogen-bond donors (Lipinski definition) is 3. The molecule has 128 valence electrons. The lowest BCUT2D eigenvalue weighted by Gasteiger charge is -2.11. The van der Waals surface area contributed by atoms with Gasteiger partial charge in [0.1, 0.15) is 5.75 Å². The lowest BCUT2D eigenvalue weighted by atomic mass is 10.3. The van der Waals surface area contributed by atoms with Gasteiger partial charge in [0.2, 0.25) is 0 Å².